The molecule has 0 fully saturated rings. The van der Waals surface area contributed by atoms with Crippen molar-refractivity contribution in [3.63, 3.8) is 0 Å². The molecule has 0 aliphatic carbocycles. The molecule has 3 rings (SSSR count). The van der Waals surface area contributed by atoms with Gasteiger partial charge in [0, 0.05) is 23.3 Å². The summed E-state index contributed by atoms with van der Waals surface area (Å²) >= 11 is 0. The number of hydrogen-bond acceptors (Lipinski definition) is 5. The van der Waals surface area contributed by atoms with Crippen LogP contribution >= 0.6 is 0 Å². The Kier molecular flexibility index (Phi) is 3.92. The quantitative estimate of drug-likeness (QED) is 0.578. The fraction of sp³-hybridized carbons (Fsp3) is 0.250. The Bertz CT molecular complexity index is 872. The number of benzene rings is 1. The highest BCUT2D eigenvalue weighted by molar-refractivity contribution is 5.93. The topological polar surface area (TPSA) is 85.9 Å². The first kappa shape index (κ1) is 15.0. The standard InChI is InChI=1S/C16H17N5O2/c1-11-12(2)19-15-6-4-3-5-14(15)16(11)17-7-8-20-10-13(9-18-20)21(22)23/h3-6,9-10H,7-8H2,1-2H3,(H,17,19). The second kappa shape index (κ2) is 6.04. The predicted octanol–water partition coefficient (Wildman–Crippen LogP) is 3.07. The van der Waals surface area contributed by atoms with Crippen LogP contribution in [0.3, 0.4) is 0 Å². The second-order valence-electron chi connectivity index (χ2n) is 5.36. The highest BCUT2D eigenvalue weighted by Gasteiger charge is 2.10. The van der Waals surface area contributed by atoms with Gasteiger partial charge in [0.25, 0.3) is 0 Å². The van der Waals surface area contributed by atoms with Crippen LogP contribution in [0.2, 0.25) is 0 Å². The number of aryl methyl sites for hydroxylation is 1. The molecule has 1 aromatic carbocycles. The van der Waals surface area contributed by atoms with Gasteiger partial charge in [0.1, 0.15) is 12.4 Å². The Hall–Kier alpha value is -2.96. The maximum absolute atomic E-state index is 10.7. The third kappa shape index (κ3) is 2.98. The first-order valence-corrected chi connectivity index (χ1v) is 7.33. The molecule has 0 unspecified atom stereocenters. The molecule has 0 saturated carbocycles. The summed E-state index contributed by atoms with van der Waals surface area (Å²) in [5.74, 6) is 0. The molecule has 2 heterocycles. The van der Waals surface area contributed by atoms with Crippen LogP contribution in [0.25, 0.3) is 10.9 Å². The molecule has 7 nitrogen and oxygen atoms in total. The highest BCUT2D eigenvalue weighted by atomic mass is 16.6. The Morgan fingerprint density at radius 1 is 1.30 bits per heavy atom. The first-order chi connectivity index (χ1) is 11.1. The van der Waals surface area contributed by atoms with Gasteiger partial charge in [-0.15, -0.1) is 0 Å². The molecular formula is C16H17N5O2. The van der Waals surface area contributed by atoms with Crippen molar-refractivity contribution >= 4 is 22.3 Å². The molecule has 3 aromatic rings. The number of aromatic nitrogens is 3. The SMILES string of the molecule is Cc1nc2ccccc2c(NCCn2cc([N+](=O)[O-])cn2)c1C. The zero-order valence-electron chi connectivity index (χ0n) is 13.0. The molecule has 0 radical (unpaired) electrons. The van der Waals surface area contributed by atoms with Crippen molar-refractivity contribution in [2.24, 2.45) is 0 Å². The van der Waals surface area contributed by atoms with E-state index in [1.165, 1.54) is 12.4 Å². The summed E-state index contributed by atoms with van der Waals surface area (Å²) in [7, 11) is 0. The van der Waals surface area contributed by atoms with E-state index in [-0.39, 0.29) is 5.69 Å². The van der Waals surface area contributed by atoms with Crippen LogP contribution in [-0.2, 0) is 6.54 Å². The van der Waals surface area contributed by atoms with E-state index in [9.17, 15) is 10.1 Å². The van der Waals surface area contributed by atoms with Crippen molar-refractivity contribution in [3.05, 3.63) is 58.0 Å². The third-order valence-corrected chi connectivity index (χ3v) is 3.85. The lowest BCUT2D eigenvalue weighted by atomic mass is 10.1. The van der Waals surface area contributed by atoms with Crippen molar-refractivity contribution in [1.29, 1.82) is 0 Å². The van der Waals surface area contributed by atoms with E-state index in [0.29, 0.717) is 13.1 Å². The Morgan fingerprint density at radius 2 is 2.09 bits per heavy atom. The van der Waals surface area contributed by atoms with Crippen molar-refractivity contribution in [2.75, 3.05) is 11.9 Å². The summed E-state index contributed by atoms with van der Waals surface area (Å²) in [4.78, 5) is 14.8. The normalized spacial score (nSPS) is 10.9. The van der Waals surface area contributed by atoms with Gasteiger partial charge in [0.15, 0.2) is 0 Å². The zero-order chi connectivity index (χ0) is 16.4. The van der Waals surface area contributed by atoms with E-state index in [1.807, 2.05) is 38.1 Å². The van der Waals surface area contributed by atoms with Crippen molar-refractivity contribution < 1.29 is 4.92 Å². The maximum Gasteiger partial charge on any atom is 0.306 e. The number of fused-ring (bicyclic) bond motifs is 1. The van der Waals surface area contributed by atoms with Gasteiger partial charge in [-0.25, -0.2) is 0 Å². The van der Waals surface area contributed by atoms with Gasteiger partial charge in [0.2, 0.25) is 0 Å². The summed E-state index contributed by atoms with van der Waals surface area (Å²) in [5.41, 5.74) is 4.10. The molecule has 0 spiro atoms. The number of nitro groups is 1. The van der Waals surface area contributed by atoms with Crippen molar-refractivity contribution in [1.82, 2.24) is 14.8 Å². The minimum atomic E-state index is -0.444. The number of rotatable bonds is 5. The molecule has 0 amide bonds. The van der Waals surface area contributed by atoms with Gasteiger partial charge < -0.3 is 5.32 Å². The second-order valence-corrected chi connectivity index (χ2v) is 5.36. The van der Waals surface area contributed by atoms with Gasteiger partial charge >= 0.3 is 5.69 Å². The largest absolute Gasteiger partial charge is 0.382 e. The average Bonchev–Trinajstić information content (AvgIpc) is 3.00. The van der Waals surface area contributed by atoms with Gasteiger partial charge in [-0.05, 0) is 25.5 Å². The summed E-state index contributed by atoms with van der Waals surface area (Å²) in [5, 5.41) is 19.1. The van der Waals surface area contributed by atoms with E-state index in [4.69, 9.17) is 0 Å². The van der Waals surface area contributed by atoms with Gasteiger partial charge in [-0.3, -0.25) is 19.8 Å². The Morgan fingerprint density at radius 3 is 2.83 bits per heavy atom. The van der Waals surface area contributed by atoms with Gasteiger partial charge in [-0.1, -0.05) is 18.2 Å². The molecule has 23 heavy (non-hydrogen) atoms. The van der Waals surface area contributed by atoms with Crippen LogP contribution in [0.1, 0.15) is 11.3 Å². The lowest BCUT2D eigenvalue weighted by molar-refractivity contribution is -0.385. The van der Waals surface area contributed by atoms with E-state index >= 15 is 0 Å². The first-order valence-electron chi connectivity index (χ1n) is 7.33. The number of pyridine rings is 1. The van der Waals surface area contributed by atoms with Gasteiger partial charge in [-0.2, -0.15) is 5.10 Å². The molecule has 7 heteroatoms. The minimum Gasteiger partial charge on any atom is -0.382 e. The molecule has 0 aliphatic heterocycles. The summed E-state index contributed by atoms with van der Waals surface area (Å²) in [6.07, 6.45) is 2.70. The number of anilines is 1. The number of para-hydroxylation sites is 1. The lowest BCUT2D eigenvalue weighted by Gasteiger charge is -2.14. The van der Waals surface area contributed by atoms with E-state index in [0.717, 1.165) is 27.8 Å². The van der Waals surface area contributed by atoms with Crippen molar-refractivity contribution in [3.8, 4) is 0 Å². The molecule has 0 bridgehead atoms. The van der Waals surface area contributed by atoms with Crippen LogP contribution in [0.4, 0.5) is 11.4 Å². The lowest BCUT2D eigenvalue weighted by Crippen LogP contribution is -2.12. The highest BCUT2D eigenvalue weighted by Crippen LogP contribution is 2.27. The molecule has 1 N–H and O–H groups in total. The Balaban J connectivity index is 1.78. The smallest absolute Gasteiger partial charge is 0.306 e. The fourth-order valence-electron chi connectivity index (χ4n) is 2.52. The Labute approximate surface area is 133 Å². The fourth-order valence-corrected chi connectivity index (χ4v) is 2.52. The van der Waals surface area contributed by atoms with Gasteiger partial charge in [0.05, 0.1) is 17.0 Å². The summed E-state index contributed by atoms with van der Waals surface area (Å²) in [6, 6.07) is 7.98. The van der Waals surface area contributed by atoms with Crippen LogP contribution < -0.4 is 5.32 Å². The van der Waals surface area contributed by atoms with E-state index < -0.39 is 4.92 Å². The van der Waals surface area contributed by atoms with E-state index in [2.05, 4.69) is 15.4 Å². The summed E-state index contributed by atoms with van der Waals surface area (Å²) in [6.45, 7) is 5.19. The third-order valence-electron chi connectivity index (χ3n) is 3.85. The van der Waals surface area contributed by atoms with Crippen LogP contribution in [0.15, 0.2) is 36.7 Å². The number of nitrogens with zero attached hydrogens (tertiary/aromatic N) is 4. The molecule has 118 valence electrons. The summed E-state index contributed by atoms with van der Waals surface area (Å²) < 4.78 is 1.57. The maximum atomic E-state index is 10.7. The molecule has 2 aromatic heterocycles. The molecule has 0 aliphatic rings. The van der Waals surface area contributed by atoms with Crippen molar-refractivity contribution in [2.45, 2.75) is 20.4 Å². The van der Waals surface area contributed by atoms with Crippen LogP contribution in [0, 0.1) is 24.0 Å². The molecular weight excluding hydrogens is 294 g/mol. The average molecular weight is 311 g/mol. The number of hydrogen-bond donors (Lipinski definition) is 1. The zero-order valence-corrected chi connectivity index (χ0v) is 13.0. The van der Waals surface area contributed by atoms with E-state index in [1.54, 1.807) is 4.68 Å². The monoisotopic (exact) mass is 311 g/mol. The predicted molar refractivity (Wildman–Crippen MR) is 88.6 cm³/mol. The van der Waals surface area contributed by atoms with Crippen LogP contribution in [-0.4, -0.2) is 26.2 Å². The van der Waals surface area contributed by atoms with Crippen LogP contribution in [0.5, 0.6) is 0 Å². The molecule has 0 saturated heterocycles. The minimum absolute atomic E-state index is 0.00591. The molecule has 0 atom stereocenters. The number of nitrogens with one attached hydrogen (secondary N) is 1.